The molecule has 0 bridgehead atoms. The molecule has 0 radical (unpaired) electrons. The highest BCUT2D eigenvalue weighted by Crippen LogP contribution is 2.24. The van der Waals surface area contributed by atoms with Gasteiger partial charge in [-0.1, -0.05) is 25.1 Å². The van der Waals surface area contributed by atoms with Crippen LogP contribution in [0.5, 0.6) is 0 Å². The van der Waals surface area contributed by atoms with Gasteiger partial charge in [0.05, 0.1) is 0 Å². The largest absolute Gasteiger partial charge is 0.351 e. The van der Waals surface area contributed by atoms with Gasteiger partial charge in [-0.05, 0) is 43.7 Å². The highest BCUT2D eigenvalue weighted by molar-refractivity contribution is 5.98. The van der Waals surface area contributed by atoms with Gasteiger partial charge in [-0.3, -0.25) is 4.79 Å². The summed E-state index contributed by atoms with van der Waals surface area (Å²) in [6.07, 6.45) is 4.65. The molecule has 3 nitrogen and oxygen atoms in total. The SMILES string of the molecule is C[C@H]1CC[C@@H](NC(=O)c2cc3ccccc3[nH]2)CC1. The monoisotopic (exact) mass is 256 g/mol. The van der Waals surface area contributed by atoms with Crippen LogP contribution in [0.3, 0.4) is 0 Å². The van der Waals surface area contributed by atoms with Crippen molar-refractivity contribution >= 4 is 16.8 Å². The predicted molar refractivity (Wildman–Crippen MR) is 77.2 cm³/mol. The first kappa shape index (κ1) is 12.3. The van der Waals surface area contributed by atoms with E-state index < -0.39 is 0 Å². The van der Waals surface area contributed by atoms with E-state index in [-0.39, 0.29) is 5.91 Å². The average Bonchev–Trinajstić information content (AvgIpc) is 2.85. The van der Waals surface area contributed by atoms with Crippen molar-refractivity contribution < 1.29 is 4.79 Å². The van der Waals surface area contributed by atoms with Crippen molar-refractivity contribution in [1.29, 1.82) is 0 Å². The first-order valence-electron chi connectivity index (χ1n) is 7.11. The van der Waals surface area contributed by atoms with Gasteiger partial charge in [0, 0.05) is 16.9 Å². The number of rotatable bonds is 2. The third kappa shape index (κ3) is 2.65. The van der Waals surface area contributed by atoms with Crippen molar-refractivity contribution in [2.75, 3.05) is 0 Å². The Labute approximate surface area is 113 Å². The van der Waals surface area contributed by atoms with Gasteiger partial charge in [0.25, 0.3) is 5.91 Å². The number of aromatic nitrogens is 1. The van der Waals surface area contributed by atoms with Crippen LogP contribution in [-0.4, -0.2) is 16.9 Å². The minimum atomic E-state index is 0.0238. The Morgan fingerprint density at radius 1 is 1.21 bits per heavy atom. The highest BCUT2D eigenvalue weighted by Gasteiger charge is 2.20. The number of aromatic amines is 1. The maximum atomic E-state index is 12.2. The van der Waals surface area contributed by atoms with Crippen molar-refractivity contribution in [1.82, 2.24) is 10.3 Å². The molecule has 0 atom stereocenters. The van der Waals surface area contributed by atoms with Crippen LogP contribution >= 0.6 is 0 Å². The van der Waals surface area contributed by atoms with Crippen molar-refractivity contribution in [3.63, 3.8) is 0 Å². The van der Waals surface area contributed by atoms with Crippen molar-refractivity contribution in [3.8, 4) is 0 Å². The second-order valence-electron chi connectivity index (χ2n) is 5.70. The fourth-order valence-corrected chi connectivity index (χ4v) is 2.86. The molecule has 1 aromatic carbocycles. The van der Waals surface area contributed by atoms with Gasteiger partial charge in [-0.15, -0.1) is 0 Å². The number of benzene rings is 1. The third-order valence-corrected chi connectivity index (χ3v) is 4.13. The zero-order valence-electron chi connectivity index (χ0n) is 11.3. The van der Waals surface area contributed by atoms with Gasteiger partial charge in [0.2, 0.25) is 0 Å². The molecule has 19 heavy (non-hydrogen) atoms. The van der Waals surface area contributed by atoms with Gasteiger partial charge >= 0.3 is 0 Å². The van der Waals surface area contributed by atoms with E-state index in [1.807, 2.05) is 30.3 Å². The van der Waals surface area contributed by atoms with Gasteiger partial charge in [0.1, 0.15) is 5.69 Å². The summed E-state index contributed by atoms with van der Waals surface area (Å²) < 4.78 is 0. The standard InChI is InChI=1S/C16H20N2O/c1-11-6-8-13(9-7-11)17-16(19)15-10-12-4-2-3-5-14(12)18-15/h2-5,10-11,13,18H,6-9H2,1H3,(H,17,19)/t11-,13+. The van der Waals surface area contributed by atoms with E-state index in [2.05, 4.69) is 17.2 Å². The lowest BCUT2D eigenvalue weighted by molar-refractivity contribution is 0.0919. The van der Waals surface area contributed by atoms with Crippen LogP contribution in [0.15, 0.2) is 30.3 Å². The summed E-state index contributed by atoms with van der Waals surface area (Å²) in [6.45, 7) is 2.29. The van der Waals surface area contributed by atoms with Crippen LogP contribution in [0.25, 0.3) is 10.9 Å². The second-order valence-corrected chi connectivity index (χ2v) is 5.70. The lowest BCUT2D eigenvalue weighted by atomic mass is 9.87. The molecule has 1 saturated carbocycles. The van der Waals surface area contributed by atoms with Crippen molar-refractivity contribution in [3.05, 3.63) is 36.0 Å². The van der Waals surface area contributed by atoms with Crippen LogP contribution in [0.2, 0.25) is 0 Å². The van der Waals surface area contributed by atoms with Crippen LogP contribution in [0, 0.1) is 5.92 Å². The maximum absolute atomic E-state index is 12.2. The average molecular weight is 256 g/mol. The number of hydrogen-bond donors (Lipinski definition) is 2. The molecule has 100 valence electrons. The number of H-pyrrole nitrogens is 1. The fraction of sp³-hybridized carbons (Fsp3) is 0.438. The Hall–Kier alpha value is -1.77. The van der Waals surface area contributed by atoms with E-state index in [4.69, 9.17) is 0 Å². The van der Waals surface area contributed by atoms with Gasteiger partial charge in [-0.25, -0.2) is 0 Å². The van der Waals surface area contributed by atoms with E-state index in [0.717, 1.165) is 29.7 Å². The Balaban J connectivity index is 1.70. The third-order valence-electron chi connectivity index (χ3n) is 4.13. The molecule has 0 aliphatic heterocycles. The molecule has 1 fully saturated rings. The van der Waals surface area contributed by atoms with E-state index in [0.29, 0.717) is 11.7 Å². The van der Waals surface area contributed by atoms with Crippen LogP contribution in [0.1, 0.15) is 43.1 Å². The van der Waals surface area contributed by atoms with Crippen molar-refractivity contribution in [2.24, 2.45) is 5.92 Å². The van der Waals surface area contributed by atoms with Gasteiger partial charge in [-0.2, -0.15) is 0 Å². The summed E-state index contributed by atoms with van der Waals surface area (Å²) in [4.78, 5) is 15.4. The summed E-state index contributed by atoms with van der Waals surface area (Å²) in [5, 5.41) is 4.23. The Bertz CT molecular complexity index is 546. The molecule has 1 amide bonds. The maximum Gasteiger partial charge on any atom is 0.267 e. The Morgan fingerprint density at radius 2 is 1.95 bits per heavy atom. The number of carbonyl (C=O) groups is 1. The minimum Gasteiger partial charge on any atom is -0.351 e. The fourth-order valence-electron chi connectivity index (χ4n) is 2.86. The topological polar surface area (TPSA) is 44.9 Å². The first-order chi connectivity index (χ1) is 9.22. The smallest absolute Gasteiger partial charge is 0.267 e. The molecule has 3 heteroatoms. The zero-order chi connectivity index (χ0) is 13.2. The second kappa shape index (κ2) is 5.08. The molecule has 3 rings (SSSR count). The van der Waals surface area contributed by atoms with E-state index in [1.54, 1.807) is 0 Å². The van der Waals surface area contributed by atoms with Crippen LogP contribution in [0.4, 0.5) is 0 Å². The molecule has 0 saturated heterocycles. The molecule has 1 heterocycles. The van der Waals surface area contributed by atoms with E-state index in [1.165, 1.54) is 12.8 Å². The lowest BCUT2D eigenvalue weighted by Crippen LogP contribution is -2.37. The number of para-hydroxylation sites is 1. The minimum absolute atomic E-state index is 0.0238. The molecule has 1 aliphatic rings. The van der Waals surface area contributed by atoms with E-state index in [9.17, 15) is 4.79 Å². The Kier molecular flexibility index (Phi) is 3.28. The summed E-state index contributed by atoms with van der Waals surface area (Å²) in [7, 11) is 0. The Morgan fingerprint density at radius 3 is 2.68 bits per heavy atom. The number of amides is 1. The number of carbonyl (C=O) groups excluding carboxylic acids is 1. The molecule has 0 spiro atoms. The molecule has 0 unspecified atom stereocenters. The lowest BCUT2D eigenvalue weighted by Gasteiger charge is -2.26. The quantitative estimate of drug-likeness (QED) is 0.849. The zero-order valence-corrected chi connectivity index (χ0v) is 11.3. The molecule has 2 N–H and O–H groups in total. The molecular weight excluding hydrogens is 236 g/mol. The first-order valence-corrected chi connectivity index (χ1v) is 7.11. The number of nitrogens with one attached hydrogen (secondary N) is 2. The van der Waals surface area contributed by atoms with Gasteiger partial charge < -0.3 is 10.3 Å². The molecule has 1 aliphatic carbocycles. The summed E-state index contributed by atoms with van der Waals surface area (Å²) in [5.41, 5.74) is 1.68. The summed E-state index contributed by atoms with van der Waals surface area (Å²) in [5.74, 6) is 0.831. The van der Waals surface area contributed by atoms with Gasteiger partial charge in [0.15, 0.2) is 0 Å². The summed E-state index contributed by atoms with van der Waals surface area (Å²) >= 11 is 0. The van der Waals surface area contributed by atoms with Crippen LogP contribution < -0.4 is 5.32 Å². The van der Waals surface area contributed by atoms with Crippen molar-refractivity contribution in [2.45, 2.75) is 38.6 Å². The summed E-state index contributed by atoms with van der Waals surface area (Å²) in [6, 6.07) is 10.2. The predicted octanol–water partition coefficient (Wildman–Crippen LogP) is 3.48. The highest BCUT2D eigenvalue weighted by atomic mass is 16.1. The number of fused-ring (bicyclic) bond motifs is 1. The molecule has 2 aromatic rings. The molecular formula is C16H20N2O. The normalized spacial score (nSPS) is 23.4. The number of hydrogen-bond acceptors (Lipinski definition) is 1. The van der Waals surface area contributed by atoms with Crippen LogP contribution in [-0.2, 0) is 0 Å². The van der Waals surface area contributed by atoms with E-state index >= 15 is 0 Å². The molecule has 1 aromatic heterocycles.